The highest BCUT2D eigenvalue weighted by molar-refractivity contribution is 4.86. The summed E-state index contributed by atoms with van der Waals surface area (Å²) in [5.74, 6) is 0. The lowest BCUT2D eigenvalue weighted by Crippen LogP contribution is -2.33. The molecule has 0 saturated carbocycles. The summed E-state index contributed by atoms with van der Waals surface area (Å²) in [6, 6.07) is 0. The van der Waals surface area contributed by atoms with E-state index >= 15 is 0 Å². The fourth-order valence-electron chi connectivity index (χ4n) is 0.997. The molecule has 2 unspecified atom stereocenters. The van der Waals surface area contributed by atoms with Crippen LogP contribution in [-0.2, 0) is 4.74 Å². The van der Waals surface area contributed by atoms with Crippen LogP contribution in [-0.4, -0.2) is 46.5 Å². The van der Waals surface area contributed by atoms with Crippen LogP contribution in [0.5, 0.6) is 0 Å². The van der Waals surface area contributed by atoms with Gasteiger partial charge in [0, 0.05) is 4.91 Å². The van der Waals surface area contributed by atoms with Crippen molar-refractivity contribution in [3.8, 4) is 0 Å². The van der Waals surface area contributed by atoms with Crippen LogP contribution in [0.3, 0.4) is 0 Å². The molecule has 4 atom stereocenters. The molecule has 0 aromatic rings. The molecule has 1 rings (SSSR count). The van der Waals surface area contributed by atoms with Crippen LogP contribution in [0, 0.1) is 0 Å². The van der Waals surface area contributed by atoms with Crippen LogP contribution in [0.25, 0.3) is 10.4 Å². The zero-order valence-corrected chi connectivity index (χ0v) is 6.11. The maximum absolute atomic E-state index is 9.14. The molecule has 1 aliphatic rings. The lowest BCUT2D eigenvalue weighted by molar-refractivity contribution is -0.125. The van der Waals surface area contributed by atoms with Crippen LogP contribution < -0.4 is 0 Å². The quantitative estimate of drug-likeness (QED) is 0.275. The van der Waals surface area contributed by atoms with Gasteiger partial charge in [-0.25, -0.2) is 0 Å². The monoisotopic (exact) mass is 175 g/mol. The van der Waals surface area contributed by atoms with Crippen molar-refractivity contribution in [3.63, 3.8) is 0 Å². The summed E-state index contributed by atoms with van der Waals surface area (Å²) >= 11 is 0. The largest absolute Gasteiger partial charge is 0.387 e. The van der Waals surface area contributed by atoms with E-state index in [-0.39, 0.29) is 6.54 Å². The Kier molecular flexibility index (Phi) is 2.85. The molecule has 0 spiro atoms. The lowest BCUT2D eigenvalue weighted by Gasteiger charge is -2.10. The SMILES string of the molecule is [N-]=[N+]=NC[C@H]1OC(O)C(O)[C@H]1O. The first-order valence-corrected chi connectivity index (χ1v) is 3.37. The second-order valence-electron chi connectivity index (χ2n) is 2.46. The molecule has 0 radical (unpaired) electrons. The Hall–Kier alpha value is -0.850. The van der Waals surface area contributed by atoms with Gasteiger partial charge in [0.1, 0.15) is 12.2 Å². The minimum atomic E-state index is -1.40. The molecule has 12 heavy (non-hydrogen) atoms. The Morgan fingerprint density at radius 3 is 2.42 bits per heavy atom. The number of ether oxygens (including phenoxy) is 1. The van der Waals surface area contributed by atoms with E-state index in [0.717, 1.165) is 0 Å². The smallest absolute Gasteiger partial charge is 0.183 e. The molecular weight excluding hydrogens is 166 g/mol. The van der Waals surface area contributed by atoms with Gasteiger partial charge in [-0.15, -0.1) is 0 Å². The third-order valence-corrected chi connectivity index (χ3v) is 1.66. The van der Waals surface area contributed by atoms with Crippen LogP contribution in [0.15, 0.2) is 5.11 Å². The summed E-state index contributed by atoms with van der Waals surface area (Å²) in [7, 11) is 0. The summed E-state index contributed by atoms with van der Waals surface area (Å²) in [4.78, 5) is 2.45. The zero-order chi connectivity index (χ0) is 9.14. The molecule has 7 nitrogen and oxygen atoms in total. The number of aliphatic hydroxyl groups is 3. The molecule has 3 N–H and O–H groups in total. The van der Waals surface area contributed by atoms with E-state index < -0.39 is 24.6 Å². The van der Waals surface area contributed by atoms with Crippen molar-refractivity contribution in [2.75, 3.05) is 6.54 Å². The Morgan fingerprint density at radius 2 is 2.00 bits per heavy atom. The number of hydrogen-bond donors (Lipinski definition) is 3. The van der Waals surface area contributed by atoms with Gasteiger partial charge in [0.2, 0.25) is 0 Å². The van der Waals surface area contributed by atoms with Crippen LogP contribution in [0.2, 0.25) is 0 Å². The van der Waals surface area contributed by atoms with Crippen LogP contribution in [0.1, 0.15) is 0 Å². The normalized spacial score (nSPS) is 40.9. The second kappa shape index (κ2) is 3.70. The molecule has 7 heteroatoms. The highest BCUT2D eigenvalue weighted by Crippen LogP contribution is 2.19. The summed E-state index contributed by atoms with van der Waals surface area (Å²) < 4.78 is 4.68. The van der Waals surface area contributed by atoms with Crippen molar-refractivity contribution in [1.82, 2.24) is 0 Å². The number of aliphatic hydroxyl groups excluding tert-OH is 3. The Bertz CT molecular complexity index is 205. The maximum atomic E-state index is 9.14. The molecular formula is C5H9N3O4. The van der Waals surface area contributed by atoms with Crippen molar-refractivity contribution >= 4 is 0 Å². The summed E-state index contributed by atoms with van der Waals surface area (Å²) in [5.41, 5.74) is 7.94. The third kappa shape index (κ3) is 1.66. The molecule has 0 amide bonds. The topological polar surface area (TPSA) is 119 Å². The van der Waals surface area contributed by atoms with Crippen LogP contribution >= 0.6 is 0 Å². The molecule has 1 saturated heterocycles. The van der Waals surface area contributed by atoms with E-state index in [1.807, 2.05) is 0 Å². The van der Waals surface area contributed by atoms with E-state index in [2.05, 4.69) is 14.8 Å². The molecule has 1 fully saturated rings. The number of nitrogens with zero attached hydrogens (tertiary/aromatic N) is 3. The Labute approximate surface area is 67.8 Å². The lowest BCUT2D eigenvalue weighted by atomic mass is 10.1. The third-order valence-electron chi connectivity index (χ3n) is 1.66. The van der Waals surface area contributed by atoms with Gasteiger partial charge >= 0.3 is 0 Å². The van der Waals surface area contributed by atoms with E-state index in [1.165, 1.54) is 0 Å². The molecule has 0 aromatic carbocycles. The van der Waals surface area contributed by atoms with Gasteiger partial charge in [0.25, 0.3) is 0 Å². The van der Waals surface area contributed by atoms with Gasteiger partial charge in [-0.3, -0.25) is 0 Å². The standard InChI is InChI=1S/C5H9N3O4/c6-8-7-1-2-3(9)4(10)5(11)12-2/h2-5,9-11H,1H2/t2-,3+,4?,5?/m1/s1. The van der Waals surface area contributed by atoms with Crippen molar-refractivity contribution < 1.29 is 20.1 Å². The summed E-state index contributed by atoms with van der Waals surface area (Å²) in [6.45, 7) is -0.105. The Morgan fingerprint density at radius 1 is 1.33 bits per heavy atom. The first-order chi connectivity index (χ1) is 5.66. The minimum Gasteiger partial charge on any atom is -0.387 e. The molecule has 1 aliphatic heterocycles. The second-order valence-corrected chi connectivity index (χ2v) is 2.46. The van der Waals surface area contributed by atoms with E-state index in [4.69, 9.17) is 20.9 Å². The predicted molar refractivity (Wildman–Crippen MR) is 36.9 cm³/mol. The molecule has 68 valence electrons. The fourth-order valence-corrected chi connectivity index (χ4v) is 0.997. The van der Waals surface area contributed by atoms with Gasteiger partial charge in [0.05, 0.1) is 12.6 Å². The average molecular weight is 175 g/mol. The van der Waals surface area contributed by atoms with Crippen molar-refractivity contribution in [2.24, 2.45) is 5.11 Å². The van der Waals surface area contributed by atoms with Gasteiger partial charge in [-0.1, -0.05) is 5.11 Å². The zero-order valence-electron chi connectivity index (χ0n) is 6.11. The predicted octanol–water partition coefficient (Wildman–Crippen LogP) is -1.26. The summed E-state index contributed by atoms with van der Waals surface area (Å²) in [5, 5.41) is 30.1. The van der Waals surface area contributed by atoms with E-state index in [0.29, 0.717) is 0 Å². The van der Waals surface area contributed by atoms with Gasteiger partial charge < -0.3 is 20.1 Å². The fraction of sp³-hybridized carbons (Fsp3) is 1.00. The highest BCUT2D eigenvalue weighted by atomic mass is 16.6. The maximum Gasteiger partial charge on any atom is 0.183 e. The van der Waals surface area contributed by atoms with Crippen molar-refractivity contribution in [1.29, 1.82) is 0 Å². The Balaban J connectivity index is 2.52. The molecule has 0 aliphatic carbocycles. The number of hydrogen-bond acceptors (Lipinski definition) is 5. The van der Waals surface area contributed by atoms with Crippen molar-refractivity contribution in [3.05, 3.63) is 10.4 Å². The van der Waals surface area contributed by atoms with Gasteiger partial charge in [-0.05, 0) is 5.53 Å². The van der Waals surface area contributed by atoms with Crippen molar-refractivity contribution in [2.45, 2.75) is 24.6 Å². The highest BCUT2D eigenvalue weighted by Gasteiger charge is 2.41. The van der Waals surface area contributed by atoms with E-state index in [1.54, 1.807) is 0 Å². The molecule has 0 aromatic heterocycles. The number of rotatable bonds is 2. The molecule has 0 bridgehead atoms. The summed E-state index contributed by atoms with van der Waals surface area (Å²) in [6.07, 6.45) is -4.76. The average Bonchev–Trinajstić information content (AvgIpc) is 2.30. The first-order valence-electron chi connectivity index (χ1n) is 3.37. The number of azide groups is 1. The van der Waals surface area contributed by atoms with Crippen LogP contribution in [0.4, 0.5) is 0 Å². The molecule has 1 heterocycles. The first kappa shape index (κ1) is 9.24. The van der Waals surface area contributed by atoms with Gasteiger partial charge in [-0.2, -0.15) is 0 Å². The van der Waals surface area contributed by atoms with E-state index in [9.17, 15) is 0 Å². The van der Waals surface area contributed by atoms with Gasteiger partial charge in [0.15, 0.2) is 6.29 Å². The minimum absolute atomic E-state index is 0.105.